The molecule has 0 aromatic rings. The van der Waals surface area contributed by atoms with Crippen molar-refractivity contribution in [3.8, 4) is 0 Å². The average Bonchev–Trinajstić information content (AvgIpc) is 2.43. The van der Waals surface area contributed by atoms with Crippen molar-refractivity contribution < 1.29 is 9.09 Å². The Kier molecular flexibility index (Phi) is 13.4. The molecule has 0 spiro atoms. The molecule has 1 rings (SSSR count). The van der Waals surface area contributed by atoms with E-state index in [2.05, 4.69) is 19.0 Å². The van der Waals surface area contributed by atoms with Crippen molar-refractivity contribution in [1.29, 1.82) is 0 Å². The lowest BCUT2D eigenvalue weighted by Crippen LogP contribution is -2.40. The fourth-order valence-electron chi connectivity index (χ4n) is 2.05. The molecule has 0 saturated carbocycles. The molecule has 1 aliphatic rings. The molecule has 0 amide bonds. The number of hydrogen-bond acceptors (Lipinski definition) is 3. The van der Waals surface area contributed by atoms with Gasteiger partial charge in [0.25, 0.3) is 7.52 Å². The summed E-state index contributed by atoms with van der Waals surface area (Å²) in [5.41, 5.74) is 0. The average molecular weight is 294 g/mol. The van der Waals surface area contributed by atoms with Gasteiger partial charge >= 0.3 is 0 Å². The molecule has 0 aliphatic carbocycles. The van der Waals surface area contributed by atoms with Crippen molar-refractivity contribution >= 4 is 7.52 Å². The first-order valence-electron chi connectivity index (χ1n) is 7.61. The molecule has 0 N–H and O–H groups in total. The monoisotopic (exact) mass is 294 g/mol. The second kappa shape index (κ2) is 11.9. The van der Waals surface area contributed by atoms with Crippen molar-refractivity contribution in [3.63, 3.8) is 0 Å². The van der Waals surface area contributed by atoms with Gasteiger partial charge < -0.3 is 9.42 Å². The normalized spacial score (nSPS) is 19.8. The van der Waals surface area contributed by atoms with E-state index in [4.69, 9.17) is 4.52 Å². The highest BCUT2D eigenvalue weighted by Gasteiger charge is 2.30. The van der Waals surface area contributed by atoms with Gasteiger partial charge in [-0.2, -0.15) is 0 Å². The zero-order valence-electron chi connectivity index (χ0n) is 14.3. The number of hydrogen-bond donors (Lipinski definition) is 0. The number of rotatable bonds is 4. The lowest BCUT2D eigenvalue weighted by molar-refractivity contribution is 0.178. The van der Waals surface area contributed by atoms with Crippen LogP contribution >= 0.6 is 7.52 Å². The Morgan fingerprint density at radius 1 is 1.16 bits per heavy atom. The molecule has 0 aromatic heterocycles. The molecule has 1 unspecified atom stereocenters. The van der Waals surface area contributed by atoms with Gasteiger partial charge in [0, 0.05) is 25.8 Å². The van der Waals surface area contributed by atoms with E-state index >= 15 is 0 Å². The van der Waals surface area contributed by atoms with Crippen LogP contribution in [-0.2, 0) is 9.09 Å². The number of nitrogens with zero attached hydrogens (tertiary/aromatic N) is 2. The van der Waals surface area contributed by atoms with Gasteiger partial charge in [-0.15, -0.1) is 0 Å². The van der Waals surface area contributed by atoms with Crippen molar-refractivity contribution in [3.05, 3.63) is 0 Å². The van der Waals surface area contributed by atoms with E-state index in [0.29, 0.717) is 12.6 Å². The zero-order valence-corrected chi connectivity index (χ0v) is 15.2. The van der Waals surface area contributed by atoms with Crippen LogP contribution in [0.25, 0.3) is 0 Å². The summed E-state index contributed by atoms with van der Waals surface area (Å²) in [6, 6.07) is 0.628. The summed E-state index contributed by atoms with van der Waals surface area (Å²) in [5.74, 6) is 0. The second-order valence-corrected chi connectivity index (χ2v) is 6.80. The maximum atomic E-state index is 12.1. The highest BCUT2D eigenvalue weighted by Crippen LogP contribution is 2.48. The number of piperidine rings is 1. The Bertz CT molecular complexity index is 240. The predicted octanol–water partition coefficient (Wildman–Crippen LogP) is 3.92. The van der Waals surface area contributed by atoms with Gasteiger partial charge in [0.15, 0.2) is 0 Å². The Morgan fingerprint density at radius 3 is 1.89 bits per heavy atom. The molecule has 0 aromatic carbocycles. The van der Waals surface area contributed by atoms with E-state index < -0.39 is 7.52 Å². The van der Waals surface area contributed by atoms with Crippen LogP contribution in [0.4, 0.5) is 0 Å². The van der Waals surface area contributed by atoms with Crippen LogP contribution < -0.4 is 0 Å². The Morgan fingerprint density at radius 2 is 1.58 bits per heavy atom. The molecule has 1 saturated heterocycles. The second-order valence-electron chi connectivity index (χ2n) is 4.37. The largest absolute Gasteiger partial charge is 0.318 e. The summed E-state index contributed by atoms with van der Waals surface area (Å²) in [6.07, 6.45) is 2.16. The first-order valence-corrected chi connectivity index (χ1v) is 9.63. The van der Waals surface area contributed by atoms with Crippen LogP contribution in [0.1, 0.15) is 47.5 Å². The maximum Gasteiger partial charge on any atom is 0.269 e. The molecule has 19 heavy (non-hydrogen) atoms. The maximum absolute atomic E-state index is 12.1. The first kappa shape index (κ1) is 21.4. The van der Waals surface area contributed by atoms with Crippen LogP contribution in [0, 0.1) is 0 Å². The molecule has 4 nitrogen and oxygen atoms in total. The van der Waals surface area contributed by atoms with Crippen LogP contribution in [0.2, 0.25) is 0 Å². The third-order valence-electron chi connectivity index (χ3n) is 3.05. The van der Waals surface area contributed by atoms with Crippen molar-refractivity contribution in [2.45, 2.75) is 53.5 Å². The lowest BCUT2D eigenvalue weighted by atomic mass is 10.1. The highest BCUT2D eigenvalue weighted by atomic mass is 31.2. The minimum absolute atomic E-state index is 0.529. The SMILES string of the molecule is CC.CC.CCOP(C)(=O)N1CCC(N(C)C)CC1. The van der Waals surface area contributed by atoms with E-state index in [-0.39, 0.29) is 0 Å². The summed E-state index contributed by atoms with van der Waals surface area (Å²) in [5, 5.41) is 0. The fraction of sp³-hybridized carbons (Fsp3) is 1.00. The van der Waals surface area contributed by atoms with E-state index in [9.17, 15) is 4.57 Å². The van der Waals surface area contributed by atoms with Crippen LogP contribution in [-0.4, -0.2) is 56.1 Å². The summed E-state index contributed by atoms with van der Waals surface area (Å²) in [7, 11) is 1.70. The van der Waals surface area contributed by atoms with E-state index in [1.165, 1.54) is 0 Å². The molecular formula is C14H35N2O2P. The third-order valence-corrected chi connectivity index (χ3v) is 5.22. The summed E-state index contributed by atoms with van der Waals surface area (Å²) in [4.78, 5) is 2.25. The van der Waals surface area contributed by atoms with Gasteiger partial charge in [-0.25, -0.2) is 4.67 Å². The topological polar surface area (TPSA) is 32.8 Å². The van der Waals surface area contributed by atoms with Crippen LogP contribution in [0.3, 0.4) is 0 Å². The molecule has 0 bridgehead atoms. The Balaban J connectivity index is 0. The standard InChI is InChI=1S/C10H23N2O2P.2C2H6/c1-5-14-15(4,13)12-8-6-10(7-9-12)11(2)3;2*1-2/h10H,5-9H2,1-4H3;2*1-2H3. The minimum atomic E-state index is -2.51. The molecule has 118 valence electrons. The van der Waals surface area contributed by atoms with Gasteiger partial charge in [-0.3, -0.25) is 4.57 Å². The molecule has 1 atom stereocenters. The summed E-state index contributed by atoms with van der Waals surface area (Å²) in [6.45, 7) is 13.9. The molecule has 0 radical (unpaired) electrons. The van der Waals surface area contributed by atoms with Gasteiger partial charge in [0.1, 0.15) is 0 Å². The summed E-state index contributed by atoms with van der Waals surface area (Å²) >= 11 is 0. The van der Waals surface area contributed by atoms with E-state index in [1.54, 1.807) is 6.66 Å². The van der Waals surface area contributed by atoms with Crippen molar-refractivity contribution in [1.82, 2.24) is 9.57 Å². The van der Waals surface area contributed by atoms with Crippen molar-refractivity contribution in [2.75, 3.05) is 40.5 Å². The predicted molar refractivity (Wildman–Crippen MR) is 86.1 cm³/mol. The third kappa shape index (κ3) is 8.09. The highest BCUT2D eigenvalue weighted by molar-refractivity contribution is 7.55. The fourth-order valence-corrected chi connectivity index (χ4v) is 3.65. The quantitative estimate of drug-likeness (QED) is 0.736. The zero-order chi connectivity index (χ0) is 15.5. The minimum Gasteiger partial charge on any atom is -0.318 e. The molecule has 1 fully saturated rings. The van der Waals surface area contributed by atoms with Crippen LogP contribution in [0.5, 0.6) is 0 Å². The molecule has 1 heterocycles. The van der Waals surface area contributed by atoms with Gasteiger partial charge in [0.05, 0.1) is 6.61 Å². The molecular weight excluding hydrogens is 259 g/mol. The summed E-state index contributed by atoms with van der Waals surface area (Å²) < 4.78 is 19.5. The molecule has 5 heteroatoms. The van der Waals surface area contributed by atoms with Crippen LogP contribution in [0.15, 0.2) is 0 Å². The van der Waals surface area contributed by atoms with Crippen molar-refractivity contribution in [2.24, 2.45) is 0 Å². The smallest absolute Gasteiger partial charge is 0.269 e. The molecule has 1 aliphatic heterocycles. The van der Waals surface area contributed by atoms with Gasteiger partial charge in [-0.05, 0) is 33.9 Å². The van der Waals surface area contributed by atoms with Gasteiger partial charge in [0.2, 0.25) is 0 Å². The Hall–Kier alpha value is 0.110. The lowest BCUT2D eigenvalue weighted by Gasteiger charge is -2.37. The van der Waals surface area contributed by atoms with E-state index in [0.717, 1.165) is 25.9 Å². The van der Waals surface area contributed by atoms with E-state index in [1.807, 2.05) is 39.3 Å². The van der Waals surface area contributed by atoms with Gasteiger partial charge in [-0.1, -0.05) is 27.7 Å². The first-order chi connectivity index (χ1) is 8.97. The Labute approximate surface area is 121 Å².